The molecule has 0 bridgehead atoms. The topological polar surface area (TPSA) is 45.7 Å². The number of aryl methyl sites for hydroxylation is 1. The number of thiophene rings is 1. The Morgan fingerprint density at radius 1 is 1.19 bits per heavy atom. The molecule has 0 radical (unpaired) electrons. The summed E-state index contributed by atoms with van der Waals surface area (Å²) in [6.07, 6.45) is 3.67. The van der Waals surface area contributed by atoms with E-state index in [9.17, 15) is 4.79 Å². The molecule has 1 aromatic carbocycles. The zero-order chi connectivity index (χ0) is 21.3. The monoisotopic (exact) mass is 433 g/mol. The van der Waals surface area contributed by atoms with Gasteiger partial charge in [0, 0.05) is 51.0 Å². The zero-order valence-electron chi connectivity index (χ0n) is 17.7. The van der Waals surface area contributed by atoms with Crippen LogP contribution in [0.3, 0.4) is 0 Å². The summed E-state index contributed by atoms with van der Waals surface area (Å²) in [5, 5.41) is 4.18. The minimum atomic E-state index is -0.860. The van der Waals surface area contributed by atoms with Crippen molar-refractivity contribution in [3.8, 4) is 0 Å². The summed E-state index contributed by atoms with van der Waals surface area (Å²) in [5.74, 6) is 0.0642. The molecule has 3 aromatic rings. The number of ether oxygens (including phenoxy) is 1. The van der Waals surface area contributed by atoms with Gasteiger partial charge in [-0.15, -0.1) is 0 Å². The minimum Gasteiger partial charge on any atom is -0.361 e. The van der Waals surface area contributed by atoms with Crippen molar-refractivity contribution in [2.45, 2.75) is 31.5 Å². The summed E-state index contributed by atoms with van der Waals surface area (Å²) >= 11 is 1.67. The quantitative estimate of drug-likeness (QED) is 0.613. The normalized spacial score (nSPS) is 24.2. The third-order valence-corrected chi connectivity index (χ3v) is 7.09. The van der Waals surface area contributed by atoms with E-state index in [4.69, 9.17) is 4.74 Å². The molecule has 0 aliphatic carbocycles. The van der Waals surface area contributed by atoms with Crippen LogP contribution in [0.15, 0.2) is 65.6 Å². The number of hydrogen-bond donors (Lipinski definition) is 0. The van der Waals surface area contributed by atoms with E-state index in [0.29, 0.717) is 26.2 Å². The number of carbonyl (C=O) groups excluding carboxylic acids is 1. The largest absolute Gasteiger partial charge is 0.361 e. The molecule has 0 saturated carbocycles. The van der Waals surface area contributed by atoms with Crippen molar-refractivity contribution in [3.63, 3.8) is 0 Å². The Hall–Kier alpha value is -2.54. The van der Waals surface area contributed by atoms with Gasteiger partial charge in [0.05, 0.1) is 6.61 Å². The van der Waals surface area contributed by atoms with Crippen LogP contribution in [-0.4, -0.2) is 52.5 Å². The molecular formula is C25H27N3O2S. The van der Waals surface area contributed by atoms with Crippen LogP contribution < -0.4 is 0 Å². The summed E-state index contributed by atoms with van der Waals surface area (Å²) < 4.78 is 6.39. The van der Waals surface area contributed by atoms with Crippen LogP contribution in [0, 0.1) is 6.92 Å². The maximum atomic E-state index is 13.9. The first-order valence-corrected chi connectivity index (χ1v) is 11.7. The second-order valence-corrected chi connectivity index (χ2v) is 9.37. The Kier molecular flexibility index (Phi) is 5.61. The first-order valence-electron chi connectivity index (χ1n) is 10.8. The van der Waals surface area contributed by atoms with Crippen LogP contribution in [0.2, 0.25) is 0 Å². The minimum absolute atomic E-state index is 0.0382. The molecule has 5 rings (SSSR count). The second-order valence-electron chi connectivity index (χ2n) is 8.59. The van der Waals surface area contributed by atoms with Gasteiger partial charge in [0.25, 0.3) is 5.91 Å². The fraction of sp³-hybridized carbons (Fsp3) is 0.360. The molecule has 31 heavy (non-hydrogen) atoms. The van der Waals surface area contributed by atoms with E-state index in [1.54, 1.807) is 17.5 Å². The first-order chi connectivity index (χ1) is 15.1. The number of rotatable bonds is 5. The van der Waals surface area contributed by atoms with Crippen LogP contribution in [0.5, 0.6) is 0 Å². The van der Waals surface area contributed by atoms with E-state index in [2.05, 4.69) is 64.0 Å². The maximum absolute atomic E-state index is 13.9. The van der Waals surface area contributed by atoms with Gasteiger partial charge in [-0.25, -0.2) is 0 Å². The number of benzene rings is 1. The molecule has 4 heterocycles. The second kappa shape index (κ2) is 8.54. The molecule has 160 valence electrons. The van der Waals surface area contributed by atoms with Crippen LogP contribution in [0.4, 0.5) is 0 Å². The Balaban J connectivity index is 1.45. The predicted molar refractivity (Wildman–Crippen MR) is 122 cm³/mol. The summed E-state index contributed by atoms with van der Waals surface area (Å²) in [5.41, 5.74) is 3.91. The summed E-state index contributed by atoms with van der Waals surface area (Å²) in [6, 6.07) is 14.7. The standard InChI is InChI=1S/C25H27N3O2S/c1-19-4-2-5-20(12-19)14-27-16-23(22-6-3-8-26-13-22)25(18-27)24(29)28(9-10-30-25)15-21-7-11-31-17-21/h2-8,11-13,17,23H,9-10,14-16,18H2,1H3/t23-,25-/m1/s1. The Morgan fingerprint density at radius 3 is 2.90 bits per heavy atom. The molecule has 6 heteroatoms. The van der Waals surface area contributed by atoms with Gasteiger partial charge in [-0.1, -0.05) is 35.9 Å². The van der Waals surface area contributed by atoms with Crippen molar-refractivity contribution in [2.24, 2.45) is 0 Å². The Bertz CT molecular complexity index is 1040. The molecule has 2 saturated heterocycles. The van der Waals surface area contributed by atoms with Crippen molar-refractivity contribution in [2.75, 3.05) is 26.2 Å². The van der Waals surface area contributed by atoms with Gasteiger partial charge in [-0.05, 0) is 46.5 Å². The lowest BCUT2D eigenvalue weighted by molar-refractivity contribution is -0.173. The van der Waals surface area contributed by atoms with Gasteiger partial charge in [0.15, 0.2) is 5.60 Å². The average molecular weight is 434 g/mol. The van der Waals surface area contributed by atoms with Crippen molar-refractivity contribution in [1.82, 2.24) is 14.8 Å². The molecule has 0 unspecified atom stereocenters. The summed E-state index contributed by atoms with van der Waals surface area (Å²) in [6.45, 7) is 6.13. The summed E-state index contributed by atoms with van der Waals surface area (Å²) in [7, 11) is 0. The highest BCUT2D eigenvalue weighted by atomic mass is 32.1. The lowest BCUT2D eigenvalue weighted by Crippen LogP contribution is -2.59. The molecule has 2 aliphatic heterocycles. The third kappa shape index (κ3) is 4.03. The third-order valence-electron chi connectivity index (χ3n) is 6.36. The Labute approximate surface area is 187 Å². The number of carbonyl (C=O) groups is 1. The molecule has 1 amide bonds. The number of morpholine rings is 1. The fourth-order valence-corrected chi connectivity index (χ4v) is 5.60. The van der Waals surface area contributed by atoms with E-state index >= 15 is 0 Å². The van der Waals surface area contributed by atoms with Gasteiger partial charge in [0.1, 0.15) is 0 Å². The molecule has 2 aliphatic rings. The fourth-order valence-electron chi connectivity index (χ4n) is 4.94. The molecule has 0 N–H and O–H groups in total. The molecule has 2 aromatic heterocycles. The highest BCUT2D eigenvalue weighted by Crippen LogP contribution is 2.42. The molecular weight excluding hydrogens is 406 g/mol. The van der Waals surface area contributed by atoms with Gasteiger partial charge in [-0.2, -0.15) is 11.3 Å². The van der Waals surface area contributed by atoms with Crippen LogP contribution in [0.1, 0.15) is 28.2 Å². The van der Waals surface area contributed by atoms with Crippen LogP contribution in [0.25, 0.3) is 0 Å². The molecule has 5 nitrogen and oxygen atoms in total. The van der Waals surface area contributed by atoms with Crippen LogP contribution >= 0.6 is 11.3 Å². The average Bonchev–Trinajstić information content (AvgIpc) is 3.41. The van der Waals surface area contributed by atoms with Crippen molar-refractivity contribution < 1.29 is 9.53 Å². The van der Waals surface area contributed by atoms with E-state index in [1.165, 1.54) is 16.7 Å². The van der Waals surface area contributed by atoms with E-state index in [1.807, 2.05) is 17.2 Å². The number of amides is 1. The lowest BCUT2D eigenvalue weighted by Gasteiger charge is -2.42. The molecule has 1 spiro atoms. The van der Waals surface area contributed by atoms with Crippen LogP contribution in [-0.2, 0) is 22.6 Å². The smallest absolute Gasteiger partial charge is 0.257 e. The number of pyridine rings is 1. The first kappa shape index (κ1) is 20.4. The number of aromatic nitrogens is 1. The summed E-state index contributed by atoms with van der Waals surface area (Å²) in [4.78, 5) is 22.5. The van der Waals surface area contributed by atoms with E-state index in [-0.39, 0.29) is 11.8 Å². The molecule has 2 atom stereocenters. The SMILES string of the molecule is Cc1cccc(CN2C[C@H](c3cccnc3)[C@@]3(C2)OCCN(Cc2ccsc2)C3=O)c1. The van der Waals surface area contributed by atoms with Gasteiger partial charge < -0.3 is 9.64 Å². The van der Waals surface area contributed by atoms with Gasteiger partial charge in [-0.3, -0.25) is 14.7 Å². The van der Waals surface area contributed by atoms with E-state index < -0.39 is 5.60 Å². The van der Waals surface area contributed by atoms with Crippen molar-refractivity contribution >= 4 is 17.2 Å². The highest BCUT2D eigenvalue weighted by molar-refractivity contribution is 7.07. The van der Waals surface area contributed by atoms with E-state index in [0.717, 1.165) is 18.7 Å². The Morgan fingerprint density at radius 2 is 2.13 bits per heavy atom. The van der Waals surface area contributed by atoms with Crippen molar-refractivity contribution in [3.05, 3.63) is 87.9 Å². The maximum Gasteiger partial charge on any atom is 0.257 e. The number of likely N-dealkylation sites (tertiary alicyclic amines) is 1. The zero-order valence-corrected chi connectivity index (χ0v) is 18.6. The van der Waals surface area contributed by atoms with Gasteiger partial charge in [0.2, 0.25) is 0 Å². The molecule has 2 fully saturated rings. The highest BCUT2D eigenvalue weighted by Gasteiger charge is 2.56. The van der Waals surface area contributed by atoms with Crippen molar-refractivity contribution in [1.29, 1.82) is 0 Å². The number of hydrogen-bond acceptors (Lipinski definition) is 5. The van der Waals surface area contributed by atoms with Gasteiger partial charge >= 0.3 is 0 Å². The number of nitrogens with zero attached hydrogens (tertiary/aromatic N) is 3. The lowest BCUT2D eigenvalue weighted by atomic mass is 9.83. The predicted octanol–water partition coefficient (Wildman–Crippen LogP) is 3.85.